The van der Waals surface area contributed by atoms with E-state index in [0.717, 1.165) is 56.1 Å². The third-order valence-electron chi connectivity index (χ3n) is 9.64. The topological polar surface area (TPSA) is 37.0 Å². The molecular weight excluding hydrogens is 631 g/mol. The summed E-state index contributed by atoms with van der Waals surface area (Å²) in [4.78, 5) is 5.22. The normalized spacial score (nSPS) is 10.9. The van der Waals surface area contributed by atoms with Crippen LogP contribution < -0.4 is 10.6 Å². The van der Waals surface area contributed by atoms with E-state index in [2.05, 4.69) is 193 Å². The Bertz CT molecular complexity index is 2400. The number of pyridine rings is 1. The molecule has 0 fully saturated rings. The number of hydrogen-bond acceptors (Lipinski definition) is 3. The zero-order chi connectivity index (χ0) is 35.3. The van der Waals surface area contributed by atoms with Crippen molar-refractivity contribution >= 4 is 11.4 Å². The Morgan fingerprint density at radius 3 is 1.25 bits per heavy atom. The predicted molar refractivity (Wildman–Crippen MR) is 221 cm³/mol. The fraction of sp³-hybridized carbons (Fsp3) is 0.0408. The van der Waals surface area contributed by atoms with Crippen LogP contribution in [0.15, 0.2) is 188 Å². The molecule has 3 heteroatoms. The summed E-state index contributed by atoms with van der Waals surface area (Å²) in [7, 11) is 3.91. The molecule has 0 unspecified atom stereocenters. The Hall–Kier alpha value is -6.71. The molecule has 3 nitrogen and oxygen atoms in total. The van der Waals surface area contributed by atoms with Gasteiger partial charge in [-0.2, -0.15) is 0 Å². The van der Waals surface area contributed by atoms with E-state index >= 15 is 0 Å². The lowest BCUT2D eigenvalue weighted by atomic mass is 9.92. The van der Waals surface area contributed by atoms with Crippen LogP contribution >= 0.6 is 0 Å². The van der Waals surface area contributed by atoms with Crippen LogP contribution in [0.3, 0.4) is 0 Å². The molecule has 0 aliphatic heterocycles. The summed E-state index contributed by atoms with van der Waals surface area (Å²) in [5.41, 5.74) is 17.9. The molecule has 8 rings (SSSR count). The third-order valence-corrected chi connectivity index (χ3v) is 9.64. The van der Waals surface area contributed by atoms with Crippen molar-refractivity contribution in [1.82, 2.24) is 4.98 Å². The maximum atomic E-state index is 5.22. The van der Waals surface area contributed by atoms with Crippen molar-refractivity contribution in [2.45, 2.75) is 0 Å². The summed E-state index contributed by atoms with van der Waals surface area (Å²) >= 11 is 0. The first-order valence-electron chi connectivity index (χ1n) is 17.7. The van der Waals surface area contributed by atoms with E-state index in [1.165, 1.54) is 33.4 Å². The average Bonchev–Trinajstić information content (AvgIpc) is 3.24. The molecule has 1 aromatic heterocycles. The van der Waals surface area contributed by atoms with Gasteiger partial charge in [-0.1, -0.05) is 133 Å². The second-order valence-electron chi connectivity index (χ2n) is 12.9. The number of nitrogens with one attached hydrogen (secondary N) is 2. The van der Waals surface area contributed by atoms with Crippen molar-refractivity contribution in [2.75, 3.05) is 24.7 Å². The van der Waals surface area contributed by atoms with E-state index in [4.69, 9.17) is 4.98 Å². The summed E-state index contributed by atoms with van der Waals surface area (Å²) < 4.78 is 0. The Kier molecular flexibility index (Phi) is 9.15. The van der Waals surface area contributed by atoms with E-state index in [0.29, 0.717) is 0 Å². The van der Waals surface area contributed by atoms with Gasteiger partial charge in [-0.3, -0.25) is 0 Å². The van der Waals surface area contributed by atoms with Gasteiger partial charge in [0.05, 0.1) is 11.4 Å². The van der Waals surface area contributed by atoms with Crippen LogP contribution in [0.25, 0.3) is 78.1 Å². The predicted octanol–water partition coefficient (Wildman–Crippen LogP) is 12.8. The van der Waals surface area contributed by atoms with Gasteiger partial charge in [-0.15, -0.1) is 0 Å². The van der Waals surface area contributed by atoms with Crippen molar-refractivity contribution in [1.29, 1.82) is 0 Å². The summed E-state index contributed by atoms with van der Waals surface area (Å²) in [6.07, 6.45) is 0. The lowest BCUT2D eigenvalue weighted by Gasteiger charge is -2.14. The van der Waals surface area contributed by atoms with Gasteiger partial charge in [-0.05, 0) is 105 Å². The fourth-order valence-corrected chi connectivity index (χ4v) is 6.85. The smallest absolute Gasteiger partial charge is 0.0715 e. The molecule has 7 aromatic carbocycles. The highest BCUT2D eigenvalue weighted by Gasteiger charge is 2.13. The van der Waals surface area contributed by atoms with Crippen LogP contribution in [-0.4, -0.2) is 19.1 Å². The minimum absolute atomic E-state index is 0.932. The lowest BCUT2D eigenvalue weighted by molar-refractivity contribution is 1.32. The first-order chi connectivity index (χ1) is 25.6. The molecule has 250 valence electrons. The molecule has 52 heavy (non-hydrogen) atoms. The second kappa shape index (κ2) is 14.6. The van der Waals surface area contributed by atoms with Gasteiger partial charge in [0.1, 0.15) is 0 Å². The molecular formula is C49H39N3. The molecule has 0 saturated carbocycles. The molecule has 0 saturated heterocycles. The summed E-state index contributed by atoms with van der Waals surface area (Å²) in [5.74, 6) is 0. The molecule has 1 heterocycles. The SMILES string of the molecule is CNc1ccc(NC)c(-c2cccc(-c3cc(-c4ccc(-c5cc(-c6ccccc6)cc(-c6ccccc6)c5)cc4)cc(-c4ccccc4)n3)c2)c1. The van der Waals surface area contributed by atoms with Crippen LogP contribution in [0, 0.1) is 0 Å². The highest BCUT2D eigenvalue weighted by atomic mass is 14.8. The molecule has 2 N–H and O–H groups in total. The van der Waals surface area contributed by atoms with Crippen molar-refractivity contribution in [3.8, 4) is 78.1 Å². The third kappa shape index (κ3) is 6.85. The highest BCUT2D eigenvalue weighted by molar-refractivity contribution is 5.86. The van der Waals surface area contributed by atoms with Crippen molar-refractivity contribution in [3.05, 3.63) is 188 Å². The molecule has 0 aliphatic rings. The van der Waals surface area contributed by atoms with E-state index in [-0.39, 0.29) is 0 Å². The maximum Gasteiger partial charge on any atom is 0.0715 e. The Labute approximate surface area is 306 Å². The van der Waals surface area contributed by atoms with Gasteiger partial charge in [0, 0.05) is 42.2 Å². The van der Waals surface area contributed by atoms with E-state index < -0.39 is 0 Å². The van der Waals surface area contributed by atoms with Gasteiger partial charge in [0.25, 0.3) is 0 Å². The Balaban J connectivity index is 1.20. The van der Waals surface area contributed by atoms with Gasteiger partial charge in [-0.25, -0.2) is 4.98 Å². The number of benzene rings is 7. The van der Waals surface area contributed by atoms with Crippen LogP contribution in [-0.2, 0) is 0 Å². The second-order valence-corrected chi connectivity index (χ2v) is 12.9. The quantitative estimate of drug-likeness (QED) is 0.161. The van der Waals surface area contributed by atoms with E-state index in [9.17, 15) is 0 Å². The largest absolute Gasteiger partial charge is 0.388 e. The average molecular weight is 670 g/mol. The first kappa shape index (κ1) is 32.5. The standard InChI is InChI=1S/C49H39N3/c1-50-45-25-26-47(51-2)46(33-45)39-19-12-20-40(27-39)49-32-44(31-48(52-49)38-17-10-5-11-18-38)37-23-21-36(22-24-37)43-29-41(34-13-6-3-7-14-34)28-42(30-43)35-15-8-4-9-16-35/h3-33,50-51H,1-2H3. The van der Waals surface area contributed by atoms with Crippen LogP contribution in [0.5, 0.6) is 0 Å². The van der Waals surface area contributed by atoms with Gasteiger partial charge >= 0.3 is 0 Å². The van der Waals surface area contributed by atoms with E-state index in [1.54, 1.807) is 0 Å². The fourth-order valence-electron chi connectivity index (χ4n) is 6.85. The summed E-state index contributed by atoms with van der Waals surface area (Å²) in [5, 5.41) is 6.64. The molecule has 8 aromatic rings. The van der Waals surface area contributed by atoms with Crippen LogP contribution in [0.2, 0.25) is 0 Å². The van der Waals surface area contributed by atoms with Crippen LogP contribution in [0.1, 0.15) is 0 Å². The first-order valence-corrected chi connectivity index (χ1v) is 17.7. The molecule has 0 radical (unpaired) electrons. The minimum Gasteiger partial charge on any atom is -0.388 e. The number of nitrogens with zero attached hydrogens (tertiary/aromatic N) is 1. The number of hydrogen-bond donors (Lipinski definition) is 2. The maximum absolute atomic E-state index is 5.22. The molecule has 0 bridgehead atoms. The zero-order valence-electron chi connectivity index (χ0n) is 29.3. The zero-order valence-corrected chi connectivity index (χ0v) is 29.3. The summed E-state index contributed by atoms with van der Waals surface area (Å²) in [6.45, 7) is 0. The van der Waals surface area contributed by atoms with Crippen LogP contribution in [0.4, 0.5) is 11.4 Å². The Morgan fingerprint density at radius 2 is 0.731 bits per heavy atom. The highest BCUT2D eigenvalue weighted by Crippen LogP contribution is 2.37. The molecule has 0 aliphatic carbocycles. The monoisotopic (exact) mass is 669 g/mol. The van der Waals surface area contributed by atoms with Crippen molar-refractivity contribution < 1.29 is 0 Å². The van der Waals surface area contributed by atoms with Crippen molar-refractivity contribution in [3.63, 3.8) is 0 Å². The number of anilines is 2. The number of rotatable bonds is 9. The van der Waals surface area contributed by atoms with Gasteiger partial charge in [0.2, 0.25) is 0 Å². The van der Waals surface area contributed by atoms with E-state index in [1.807, 2.05) is 20.2 Å². The summed E-state index contributed by atoms with van der Waals surface area (Å²) in [6, 6.07) is 67.0. The van der Waals surface area contributed by atoms with Gasteiger partial charge in [0.15, 0.2) is 0 Å². The minimum atomic E-state index is 0.932. The molecule has 0 amide bonds. The Morgan fingerprint density at radius 1 is 0.308 bits per heavy atom. The molecule has 0 atom stereocenters. The van der Waals surface area contributed by atoms with Crippen molar-refractivity contribution in [2.24, 2.45) is 0 Å². The number of aromatic nitrogens is 1. The van der Waals surface area contributed by atoms with Gasteiger partial charge < -0.3 is 10.6 Å². The lowest BCUT2D eigenvalue weighted by Crippen LogP contribution is -1.95. The molecule has 0 spiro atoms.